The molecule has 108 valence electrons. The molecule has 0 aliphatic heterocycles. The molecule has 0 radical (unpaired) electrons. The average Bonchev–Trinajstić information content (AvgIpc) is 2.75. The van der Waals surface area contributed by atoms with E-state index in [1.54, 1.807) is 12.4 Å². The summed E-state index contributed by atoms with van der Waals surface area (Å²) in [5.74, 6) is 2.60. The van der Waals surface area contributed by atoms with E-state index in [2.05, 4.69) is 31.1 Å². The number of pyridine rings is 1. The van der Waals surface area contributed by atoms with Gasteiger partial charge in [-0.2, -0.15) is 0 Å². The number of furan rings is 1. The zero-order valence-corrected chi connectivity index (χ0v) is 12.6. The highest BCUT2D eigenvalue weighted by Gasteiger charge is 2.12. The van der Waals surface area contributed by atoms with Gasteiger partial charge >= 0.3 is 0 Å². The average molecular weight is 274 g/mol. The van der Waals surface area contributed by atoms with Crippen LogP contribution in [0.4, 0.5) is 0 Å². The molecule has 2 heterocycles. The molecule has 2 rings (SSSR count). The van der Waals surface area contributed by atoms with Crippen molar-refractivity contribution in [1.82, 2.24) is 10.3 Å². The third-order valence-electron chi connectivity index (χ3n) is 2.89. The Labute approximate surface area is 120 Å². The van der Waals surface area contributed by atoms with E-state index < -0.39 is 0 Å². The molecule has 0 amide bonds. The largest absolute Gasteiger partial charge is 0.487 e. The molecule has 0 aliphatic rings. The summed E-state index contributed by atoms with van der Waals surface area (Å²) in [6, 6.07) is 5.80. The van der Waals surface area contributed by atoms with Gasteiger partial charge in [0, 0.05) is 17.3 Å². The molecular formula is C16H22N2O2. The van der Waals surface area contributed by atoms with E-state index in [1.807, 2.05) is 25.1 Å². The van der Waals surface area contributed by atoms with Crippen LogP contribution in [0.1, 0.15) is 37.9 Å². The Kier molecular flexibility index (Phi) is 4.45. The van der Waals surface area contributed by atoms with Crippen molar-refractivity contribution < 1.29 is 9.15 Å². The first-order chi connectivity index (χ1) is 9.44. The van der Waals surface area contributed by atoms with Gasteiger partial charge in [-0.25, -0.2) is 0 Å². The maximum atomic E-state index is 5.74. The lowest BCUT2D eigenvalue weighted by Crippen LogP contribution is -2.34. The maximum Gasteiger partial charge on any atom is 0.138 e. The van der Waals surface area contributed by atoms with Crippen LogP contribution in [0.3, 0.4) is 0 Å². The van der Waals surface area contributed by atoms with Gasteiger partial charge in [0.2, 0.25) is 0 Å². The first-order valence-electron chi connectivity index (χ1n) is 6.80. The smallest absolute Gasteiger partial charge is 0.138 e. The van der Waals surface area contributed by atoms with Gasteiger partial charge in [-0.15, -0.1) is 0 Å². The Bertz CT molecular complexity index is 541. The minimum atomic E-state index is 0.0765. The molecule has 0 saturated heterocycles. The molecule has 0 aromatic carbocycles. The van der Waals surface area contributed by atoms with Gasteiger partial charge in [0.15, 0.2) is 0 Å². The van der Waals surface area contributed by atoms with Crippen LogP contribution in [0.15, 0.2) is 35.0 Å². The number of rotatable bonds is 5. The van der Waals surface area contributed by atoms with E-state index >= 15 is 0 Å². The van der Waals surface area contributed by atoms with E-state index in [-0.39, 0.29) is 5.54 Å². The fourth-order valence-electron chi connectivity index (χ4n) is 1.76. The molecule has 0 atom stereocenters. The van der Waals surface area contributed by atoms with Crippen LogP contribution in [0.5, 0.6) is 5.75 Å². The molecule has 0 spiro atoms. The van der Waals surface area contributed by atoms with Gasteiger partial charge in [-0.3, -0.25) is 4.98 Å². The molecule has 4 heteroatoms. The molecule has 0 bridgehead atoms. The predicted octanol–water partition coefficient (Wildman–Crippen LogP) is 3.45. The van der Waals surface area contributed by atoms with Crippen molar-refractivity contribution in [3.8, 4) is 5.75 Å². The van der Waals surface area contributed by atoms with Gasteiger partial charge in [-0.1, -0.05) is 0 Å². The van der Waals surface area contributed by atoms with Crippen molar-refractivity contribution in [3.05, 3.63) is 47.7 Å². The monoisotopic (exact) mass is 274 g/mol. The Morgan fingerprint density at radius 3 is 2.80 bits per heavy atom. The maximum absolute atomic E-state index is 5.74. The lowest BCUT2D eigenvalue weighted by atomic mass is 10.1. The molecule has 2 aromatic heterocycles. The summed E-state index contributed by atoms with van der Waals surface area (Å²) in [5.41, 5.74) is 1.15. The van der Waals surface area contributed by atoms with Crippen LogP contribution in [-0.4, -0.2) is 10.5 Å². The molecular weight excluding hydrogens is 252 g/mol. The number of aryl methyl sites for hydroxylation is 1. The Hall–Kier alpha value is -1.81. The number of aromatic nitrogens is 1. The molecule has 0 aliphatic carbocycles. The lowest BCUT2D eigenvalue weighted by molar-refractivity contribution is 0.301. The standard InChI is InChI=1S/C16H22N2O2/c1-12-13(11-19-14-6-5-7-17-9-14)8-15(20-12)10-18-16(2,3)4/h5-9,18H,10-11H2,1-4H3. The van der Waals surface area contributed by atoms with Crippen LogP contribution in [-0.2, 0) is 13.2 Å². The van der Waals surface area contributed by atoms with E-state index in [0.29, 0.717) is 6.61 Å². The summed E-state index contributed by atoms with van der Waals surface area (Å²) < 4.78 is 11.4. The zero-order valence-electron chi connectivity index (χ0n) is 12.6. The molecule has 0 fully saturated rings. The fourth-order valence-corrected chi connectivity index (χ4v) is 1.76. The van der Waals surface area contributed by atoms with Crippen LogP contribution in [0.2, 0.25) is 0 Å². The summed E-state index contributed by atoms with van der Waals surface area (Å²) in [6.45, 7) is 9.58. The SMILES string of the molecule is Cc1oc(CNC(C)(C)C)cc1COc1cccnc1. The summed E-state index contributed by atoms with van der Waals surface area (Å²) in [7, 11) is 0. The highest BCUT2D eigenvalue weighted by atomic mass is 16.5. The summed E-state index contributed by atoms with van der Waals surface area (Å²) in [4.78, 5) is 4.02. The van der Waals surface area contributed by atoms with E-state index in [1.165, 1.54) is 0 Å². The number of ether oxygens (including phenoxy) is 1. The molecule has 20 heavy (non-hydrogen) atoms. The number of nitrogens with zero attached hydrogens (tertiary/aromatic N) is 1. The summed E-state index contributed by atoms with van der Waals surface area (Å²) >= 11 is 0. The molecule has 0 saturated carbocycles. The van der Waals surface area contributed by atoms with Crippen LogP contribution >= 0.6 is 0 Å². The third-order valence-corrected chi connectivity index (χ3v) is 2.89. The highest BCUT2D eigenvalue weighted by Crippen LogP contribution is 2.18. The van der Waals surface area contributed by atoms with E-state index in [4.69, 9.17) is 9.15 Å². The first kappa shape index (κ1) is 14.6. The Balaban J connectivity index is 1.94. The second-order valence-corrected chi connectivity index (χ2v) is 5.88. The van der Waals surface area contributed by atoms with Crippen molar-refractivity contribution >= 4 is 0 Å². The van der Waals surface area contributed by atoms with Gasteiger partial charge in [0.1, 0.15) is 23.9 Å². The van der Waals surface area contributed by atoms with Gasteiger partial charge in [0.05, 0.1) is 12.7 Å². The molecule has 4 nitrogen and oxygen atoms in total. The quantitative estimate of drug-likeness (QED) is 0.907. The Morgan fingerprint density at radius 2 is 2.15 bits per heavy atom. The van der Waals surface area contributed by atoms with Crippen molar-refractivity contribution in [2.45, 2.75) is 46.4 Å². The topological polar surface area (TPSA) is 47.3 Å². The fraction of sp³-hybridized carbons (Fsp3) is 0.438. The van der Waals surface area contributed by atoms with Gasteiger partial charge < -0.3 is 14.5 Å². The van der Waals surface area contributed by atoms with Gasteiger partial charge in [-0.05, 0) is 45.9 Å². The van der Waals surface area contributed by atoms with Crippen molar-refractivity contribution in [2.24, 2.45) is 0 Å². The van der Waals surface area contributed by atoms with Gasteiger partial charge in [0.25, 0.3) is 0 Å². The molecule has 1 N–H and O–H groups in total. The van der Waals surface area contributed by atoms with Crippen LogP contribution in [0.25, 0.3) is 0 Å². The number of hydrogen-bond donors (Lipinski definition) is 1. The second-order valence-electron chi connectivity index (χ2n) is 5.88. The van der Waals surface area contributed by atoms with Crippen molar-refractivity contribution in [1.29, 1.82) is 0 Å². The normalized spacial score (nSPS) is 11.6. The van der Waals surface area contributed by atoms with Crippen LogP contribution < -0.4 is 10.1 Å². The minimum Gasteiger partial charge on any atom is -0.487 e. The molecule has 0 unspecified atom stereocenters. The third kappa shape index (κ3) is 4.38. The Morgan fingerprint density at radius 1 is 1.35 bits per heavy atom. The van der Waals surface area contributed by atoms with E-state index in [9.17, 15) is 0 Å². The predicted molar refractivity (Wildman–Crippen MR) is 78.6 cm³/mol. The zero-order chi connectivity index (χ0) is 14.6. The minimum absolute atomic E-state index is 0.0765. The van der Waals surface area contributed by atoms with Crippen LogP contribution in [0, 0.1) is 6.92 Å². The first-order valence-corrected chi connectivity index (χ1v) is 6.80. The lowest BCUT2D eigenvalue weighted by Gasteiger charge is -2.19. The summed E-state index contributed by atoms with van der Waals surface area (Å²) in [6.07, 6.45) is 3.43. The molecule has 2 aromatic rings. The highest BCUT2D eigenvalue weighted by molar-refractivity contribution is 5.22. The van der Waals surface area contributed by atoms with Crippen molar-refractivity contribution in [3.63, 3.8) is 0 Å². The second kappa shape index (κ2) is 6.09. The van der Waals surface area contributed by atoms with Crippen molar-refractivity contribution in [2.75, 3.05) is 0 Å². The number of hydrogen-bond acceptors (Lipinski definition) is 4. The number of nitrogens with one attached hydrogen (secondary N) is 1. The van der Waals surface area contributed by atoms with E-state index in [0.717, 1.165) is 29.4 Å². The summed E-state index contributed by atoms with van der Waals surface area (Å²) in [5, 5.41) is 3.41.